The molecule has 0 radical (unpaired) electrons. The van der Waals surface area contributed by atoms with E-state index < -0.39 is 0 Å². The summed E-state index contributed by atoms with van der Waals surface area (Å²) in [6.07, 6.45) is 10.8. The van der Waals surface area contributed by atoms with Crippen LogP contribution in [0.25, 0.3) is 0 Å². The molecular weight excluding hydrogens is 132 g/mol. The largest absolute Gasteiger partial charge is 0.0625 e. The molecular formula is C11H20. The van der Waals surface area contributed by atoms with Crippen molar-refractivity contribution in [3.05, 3.63) is 0 Å². The van der Waals surface area contributed by atoms with E-state index in [1.54, 1.807) is 25.7 Å². The van der Waals surface area contributed by atoms with Crippen molar-refractivity contribution in [2.75, 3.05) is 0 Å². The molecule has 0 aromatic carbocycles. The first-order valence-electron chi connectivity index (χ1n) is 5.36. The fraction of sp³-hybridized carbons (Fsp3) is 1.00. The highest BCUT2D eigenvalue weighted by Crippen LogP contribution is 2.42. The third-order valence-electron chi connectivity index (χ3n) is 3.88. The molecule has 0 unspecified atom stereocenters. The van der Waals surface area contributed by atoms with Gasteiger partial charge < -0.3 is 0 Å². The van der Waals surface area contributed by atoms with E-state index in [0.717, 1.165) is 17.8 Å². The molecule has 0 aliphatic heterocycles. The lowest BCUT2D eigenvalue weighted by Gasteiger charge is -2.37. The number of hydrogen-bond acceptors (Lipinski definition) is 0. The monoisotopic (exact) mass is 152 g/mol. The topological polar surface area (TPSA) is 0 Å². The molecule has 2 fully saturated rings. The molecule has 0 heteroatoms. The summed E-state index contributed by atoms with van der Waals surface area (Å²) >= 11 is 0. The summed E-state index contributed by atoms with van der Waals surface area (Å²) in [5.41, 5.74) is 0. The van der Waals surface area contributed by atoms with Gasteiger partial charge in [0.15, 0.2) is 0 Å². The van der Waals surface area contributed by atoms with Gasteiger partial charge in [-0.05, 0) is 30.6 Å². The van der Waals surface area contributed by atoms with Gasteiger partial charge in [-0.25, -0.2) is 0 Å². The zero-order valence-electron chi connectivity index (χ0n) is 7.68. The molecule has 2 aliphatic carbocycles. The van der Waals surface area contributed by atoms with Crippen molar-refractivity contribution < 1.29 is 0 Å². The molecule has 2 rings (SSSR count). The van der Waals surface area contributed by atoms with E-state index in [-0.39, 0.29) is 0 Å². The van der Waals surface area contributed by atoms with E-state index in [0.29, 0.717) is 0 Å². The summed E-state index contributed by atoms with van der Waals surface area (Å²) in [7, 11) is 0. The van der Waals surface area contributed by atoms with Crippen LogP contribution in [0.5, 0.6) is 0 Å². The lowest BCUT2D eigenvalue weighted by atomic mass is 9.68. The standard InChI is InChI=1S/C11H20/c1-9-5-7-11(8-6-9)10-3-2-4-10/h9-11H,2-8H2,1H3. The molecule has 64 valence electrons. The molecule has 11 heavy (non-hydrogen) atoms. The second kappa shape index (κ2) is 3.16. The maximum absolute atomic E-state index is 2.41. The third-order valence-corrected chi connectivity index (χ3v) is 3.88. The van der Waals surface area contributed by atoms with Gasteiger partial charge in [0.05, 0.1) is 0 Å². The van der Waals surface area contributed by atoms with Crippen LogP contribution in [0.3, 0.4) is 0 Å². The average molecular weight is 152 g/mol. The normalized spacial score (nSPS) is 40.1. The van der Waals surface area contributed by atoms with Crippen LogP contribution in [0.2, 0.25) is 0 Å². The molecule has 0 amide bonds. The van der Waals surface area contributed by atoms with Gasteiger partial charge in [-0.1, -0.05) is 39.0 Å². The molecule has 0 spiro atoms. The van der Waals surface area contributed by atoms with Crippen LogP contribution < -0.4 is 0 Å². The predicted octanol–water partition coefficient (Wildman–Crippen LogP) is 3.61. The maximum atomic E-state index is 2.41. The molecule has 0 heterocycles. The van der Waals surface area contributed by atoms with E-state index in [4.69, 9.17) is 0 Å². The average Bonchev–Trinajstić information content (AvgIpc) is 1.90. The van der Waals surface area contributed by atoms with Crippen LogP contribution in [0.15, 0.2) is 0 Å². The Morgan fingerprint density at radius 1 is 0.727 bits per heavy atom. The highest BCUT2D eigenvalue weighted by atomic mass is 14.3. The van der Waals surface area contributed by atoms with Crippen LogP contribution >= 0.6 is 0 Å². The van der Waals surface area contributed by atoms with E-state index in [9.17, 15) is 0 Å². The minimum atomic E-state index is 1.03. The van der Waals surface area contributed by atoms with Crippen molar-refractivity contribution in [1.82, 2.24) is 0 Å². The van der Waals surface area contributed by atoms with Gasteiger partial charge in [0.1, 0.15) is 0 Å². The van der Waals surface area contributed by atoms with Crippen LogP contribution in [0.1, 0.15) is 51.9 Å². The van der Waals surface area contributed by atoms with Gasteiger partial charge in [0.2, 0.25) is 0 Å². The van der Waals surface area contributed by atoms with Gasteiger partial charge >= 0.3 is 0 Å². The molecule has 2 saturated carbocycles. The van der Waals surface area contributed by atoms with Gasteiger partial charge in [-0.3, -0.25) is 0 Å². The Morgan fingerprint density at radius 2 is 1.27 bits per heavy atom. The first-order chi connectivity index (χ1) is 5.36. The molecule has 2 aliphatic rings. The van der Waals surface area contributed by atoms with Crippen molar-refractivity contribution in [3.8, 4) is 0 Å². The second-order valence-electron chi connectivity index (χ2n) is 4.71. The molecule has 0 atom stereocenters. The zero-order chi connectivity index (χ0) is 7.68. The molecule has 0 bridgehead atoms. The number of rotatable bonds is 1. The Kier molecular flexibility index (Phi) is 2.20. The Balaban J connectivity index is 1.77. The van der Waals surface area contributed by atoms with Gasteiger partial charge in [-0.2, -0.15) is 0 Å². The van der Waals surface area contributed by atoms with E-state index in [2.05, 4.69) is 6.92 Å². The fourth-order valence-electron chi connectivity index (χ4n) is 2.67. The summed E-state index contributed by atoms with van der Waals surface area (Å²) in [5.74, 6) is 3.33. The second-order valence-corrected chi connectivity index (χ2v) is 4.71. The SMILES string of the molecule is CC1CCC(C2CCC2)CC1. The number of hydrogen-bond donors (Lipinski definition) is 0. The minimum absolute atomic E-state index is 1.03. The Bertz CT molecular complexity index is 116. The van der Waals surface area contributed by atoms with Crippen LogP contribution in [-0.2, 0) is 0 Å². The highest BCUT2D eigenvalue weighted by molar-refractivity contribution is 4.81. The van der Waals surface area contributed by atoms with Crippen LogP contribution in [-0.4, -0.2) is 0 Å². The molecule has 0 N–H and O–H groups in total. The first kappa shape index (κ1) is 7.64. The summed E-state index contributed by atoms with van der Waals surface area (Å²) < 4.78 is 0. The summed E-state index contributed by atoms with van der Waals surface area (Å²) in [4.78, 5) is 0. The van der Waals surface area contributed by atoms with Crippen molar-refractivity contribution in [2.45, 2.75) is 51.9 Å². The molecule has 0 saturated heterocycles. The lowest BCUT2D eigenvalue weighted by molar-refractivity contribution is 0.143. The first-order valence-corrected chi connectivity index (χ1v) is 5.36. The van der Waals surface area contributed by atoms with Crippen molar-refractivity contribution in [3.63, 3.8) is 0 Å². The minimum Gasteiger partial charge on any atom is -0.0625 e. The van der Waals surface area contributed by atoms with Crippen LogP contribution in [0.4, 0.5) is 0 Å². The van der Waals surface area contributed by atoms with E-state index >= 15 is 0 Å². The van der Waals surface area contributed by atoms with Crippen molar-refractivity contribution >= 4 is 0 Å². The fourth-order valence-corrected chi connectivity index (χ4v) is 2.67. The zero-order valence-corrected chi connectivity index (χ0v) is 7.68. The predicted molar refractivity (Wildman–Crippen MR) is 48.5 cm³/mol. The highest BCUT2D eigenvalue weighted by Gasteiger charge is 2.29. The third kappa shape index (κ3) is 1.60. The van der Waals surface area contributed by atoms with Crippen molar-refractivity contribution in [1.29, 1.82) is 0 Å². The van der Waals surface area contributed by atoms with Gasteiger partial charge in [0, 0.05) is 0 Å². The Labute approximate surface area is 70.4 Å². The molecule has 0 nitrogen and oxygen atoms in total. The van der Waals surface area contributed by atoms with Gasteiger partial charge in [0.25, 0.3) is 0 Å². The van der Waals surface area contributed by atoms with Crippen LogP contribution in [0, 0.1) is 17.8 Å². The van der Waals surface area contributed by atoms with E-state index in [1.807, 2.05) is 0 Å². The van der Waals surface area contributed by atoms with Crippen molar-refractivity contribution in [2.24, 2.45) is 17.8 Å². The Hall–Kier alpha value is 0. The maximum Gasteiger partial charge on any atom is -0.0386 e. The molecule has 0 aromatic rings. The van der Waals surface area contributed by atoms with E-state index in [1.165, 1.54) is 19.3 Å². The summed E-state index contributed by atoms with van der Waals surface area (Å²) in [6, 6.07) is 0. The summed E-state index contributed by atoms with van der Waals surface area (Å²) in [6.45, 7) is 2.41. The van der Waals surface area contributed by atoms with Gasteiger partial charge in [-0.15, -0.1) is 0 Å². The smallest absolute Gasteiger partial charge is 0.0386 e. The quantitative estimate of drug-likeness (QED) is 0.538. The molecule has 0 aromatic heterocycles. The Morgan fingerprint density at radius 3 is 1.73 bits per heavy atom. The summed E-state index contributed by atoms with van der Waals surface area (Å²) in [5, 5.41) is 0. The lowest BCUT2D eigenvalue weighted by Crippen LogP contribution is -2.25.